The molecular formula is C34H40N2O7. The van der Waals surface area contributed by atoms with Crippen molar-refractivity contribution in [1.82, 2.24) is 10.2 Å². The fourth-order valence-corrected chi connectivity index (χ4v) is 6.05. The van der Waals surface area contributed by atoms with Crippen LogP contribution in [0.4, 0.5) is 9.59 Å². The molecule has 1 heterocycles. The Kier molecular flexibility index (Phi) is 9.08. The molecule has 0 aliphatic heterocycles. The number of ether oxygens (including phenoxy) is 3. The van der Waals surface area contributed by atoms with Crippen molar-refractivity contribution < 1.29 is 33.0 Å². The SMILES string of the molecule is CCOC(=O)c1ccc(CN(C(=O)OCC2c3ccccc3-c3ccccc32)[C@@H]2CCCC[C@H]2NC(=O)OC(C)(C)C)o1. The highest BCUT2D eigenvalue weighted by Crippen LogP contribution is 2.44. The Morgan fingerprint density at radius 2 is 1.56 bits per heavy atom. The van der Waals surface area contributed by atoms with E-state index in [0.717, 1.165) is 35.1 Å². The maximum Gasteiger partial charge on any atom is 0.410 e. The number of hydrogen-bond acceptors (Lipinski definition) is 7. The predicted molar refractivity (Wildman–Crippen MR) is 161 cm³/mol. The van der Waals surface area contributed by atoms with Gasteiger partial charge in [0.2, 0.25) is 5.76 Å². The molecule has 1 fully saturated rings. The molecule has 5 rings (SSSR count). The van der Waals surface area contributed by atoms with Crippen molar-refractivity contribution in [2.45, 2.75) is 83.5 Å². The Bertz CT molecular complexity index is 1410. The second-order valence-corrected chi connectivity index (χ2v) is 12.0. The lowest BCUT2D eigenvalue weighted by Gasteiger charge is -2.39. The average molecular weight is 589 g/mol. The summed E-state index contributed by atoms with van der Waals surface area (Å²) in [7, 11) is 0. The number of esters is 1. The maximum absolute atomic E-state index is 14.0. The molecule has 0 radical (unpaired) electrons. The molecule has 1 aromatic heterocycles. The monoisotopic (exact) mass is 588 g/mol. The van der Waals surface area contributed by atoms with Crippen LogP contribution in [0.5, 0.6) is 0 Å². The molecule has 1 N–H and O–H groups in total. The van der Waals surface area contributed by atoms with Crippen molar-refractivity contribution in [1.29, 1.82) is 0 Å². The molecule has 0 bridgehead atoms. The van der Waals surface area contributed by atoms with E-state index in [9.17, 15) is 14.4 Å². The van der Waals surface area contributed by atoms with Crippen molar-refractivity contribution in [3.8, 4) is 11.1 Å². The second-order valence-electron chi connectivity index (χ2n) is 12.0. The van der Waals surface area contributed by atoms with Crippen molar-refractivity contribution >= 4 is 18.2 Å². The first-order chi connectivity index (χ1) is 20.6. The van der Waals surface area contributed by atoms with Gasteiger partial charge in [-0.2, -0.15) is 0 Å². The van der Waals surface area contributed by atoms with E-state index in [4.69, 9.17) is 18.6 Å². The molecule has 0 saturated heterocycles. The molecule has 43 heavy (non-hydrogen) atoms. The Morgan fingerprint density at radius 3 is 2.21 bits per heavy atom. The third-order valence-electron chi connectivity index (χ3n) is 7.87. The minimum absolute atomic E-state index is 0.0627. The number of carbonyl (C=O) groups is 3. The van der Waals surface area contributed by atoms with Crippen LogP contribution in [0.2, 0.25) is 0 Å². The van der Waals surface area contributed by atoms with Gasteiger partial charge in [-0.15, -0.1) is 0 Å². The van der Waals surface area contributed by atoms with E-state index < -0.39 is 23.8 Å². The highest BCUT2D eigenvalue weighted by molar-refractivity contribution is 5.86. The van der Waals surface area contributed by atoms with Gasteiger partial charge in [0.25, 0.3) is 0 Å². The number of alkyl carbamates (subject to hydrolysis) is 1. The number of hydrogen-bond donors (Lipinski definition) is 1. The molecule has 0 unspecified atom stereocenters. The molecule has 0 spiro atoms. The third kappa shape index (κ3) is 7.04. The van der Waals surface area contributed by atoms with Gasteiger partial charge in [-0.25, -0.2) is 14.4 Å². The van der Waals surface area contributed by atoms with Gasteiger partial charge in [-0.05, 0) is 74.9 Å². The number of amides is 2. The summed E-state index contributed by atoms with van der Waals surface area (Å²) in [6.45, 7) is 7.60. The highest BCUT2D eigenvalue weighted by Gasteiger charge is 2.37. The molecule has 3 aromatic rings. The van der Waals surface area contributed by atoms with E-state index in [0.29, 0.717) is 18.6 Å². The number of benzene rings is 2. The molecule has 228 valence electrons. The van der Waals surface area contributed by atoms with E-state index in [1.165, 1.54) is 0 Å². The molecule has 2 atom stereocenters. The van der Waals surface area contributed by atoms with Crippen LogP contribution in [0.15, 0.2) is 65.1 Å². The average Bonchev–Trinajstić information content (AvgIpc) is 3.57. The fraction of sp³-hybridized carbons (Fsp3) is 0.441. The molecule has 2 aliphatic rings. The lowest BCUT2D eigenvalue weighted by atomic mass is 9.89. The largest absolute Gasteiger partial charge is 0.460 e. The summed E-state index contributed by atoms with van der Waals surface area (Å²) in [4.78, 5) is 40.6. The van der Waals surface area contributed by atoms with Gasteiger partial charge < -0.3 is 23.9 Å². The lowest BCUT2D eigenvalue weighted by Crippen LogP contribution is -2.55. The van der Waals surface area contributed by atoms with Crippen LogP contribution in [-0.2, 0) is 20.8 Å². The van der Waals surface area contributed by atoms with Crippen LogP contribution in [0.25, 0.3) is 11.1 Å². The normalized spacial score (nSPS) is 17.9. The van der Waals surface area contributed by atoms with Crippen LogP contribution in [0, 0.1) is 0 Å². The smallest absolute Gasteiger partial charge is 0.410 e. The Morgan fingerprint density at radius 1 is 0.907 bits per heavy atom. The van der Waals surface area contributed by atoms with E-state index in [1.807, 2.05) is 45.0 Å². The molecule has 9 nitrogen and oxygen atoms in total. The summed E-state index contributed by atoms with van der Waals surface area (Å²) in [5, 5.41) is 2.99. The second kappa shape index (κ2) is 12.9. The van der Waals surface area contributed by atoms with Gasteiger partial charge in [-0.3, -0.25) is 4.90 Å². The highest BCUT2D eigenvalue weighted by atomic mass is 16.6. The summed E-state index contributed by atoms with van der Waals surface area (Å²) in [6.07, 6.45) is 2.09. The van der Waals surface area contributed by atoms with E-state index in [-0.39, 0.29) is 43.5 Å². The summed E-state index contributed by atoms with van der Waals surface area (Å²) < 4.78 is 22.4. The zero-order valence-corrected chi connectivity index (χ0v) is 25.3. The lowest BCUT2D eigenvalue weighted by molar-refractivity contribution is 0.0350. The quantitative estimate of drug-likeness (QED) is 0.222. The number of nitrogens with one attached hydrogen (secondary N) is 1. The zero-order valence-electron chi connectivity index (χ0n) is 25.3. The minimum atomic E-state index is -0.654. The van der Waals surface area contributed by atoms with Crippen LogP contribution in [0.1, 0.15) is 86.7 Å². The summed E-state index contributed by atoms with van der Waals surface area (Å²) in [5.41, 5.74) is 3.88. The number of carbonyl (C=O) groups excluding carboxylic acids is 3. The molecule has 2 aromatic carbocycles. The standard InChI is InChI=1S/C34H40N2O7/c1-5-40-31(37)30-19-18-22(42-30)20-36(29-17-11-10-16-28(29)35-32(38)43-34(2,3)4)33(39)41-21-27-25-14-8-6-12-23(25)24-13-7-9-15-26(24)27/h6-9,12-15,18-19,27-29H,5,10-11,16-17,20-21H2,1-4H3,(H,35,38)/t28-,29-/m1/s1. The van der Waals surface area contributed by atoms with E-state index in [1.54, 1.807) is 24.0 Å². The van der Waals surface area contributed by atoms with Crippen LogP contribution >= 0.6 is 0 Å². The van der Waals surface area contributed by atoms with Crippen molar-refractivity contribution in [3.05, 3.63) is 83.3 Å². The van der Waals surface area contributed by atoms with Gasteiger partial charge in [0.05, 0.1) is 25.2 Å². The van der Waals surface area contributed by atoms with Crippen molar-refractivity contribution in [3.63, 3.8) is 0 Å². The Balaban J connectivity index is 1.38. The molecular weight excluding hydrogens is 548 g/mol. The Labute approximate surface area is 252 Å². The molecule has 1 saturated carbocycles. The number of furan rings is 1. The van der Waals surface area contributed by atoms with Gasteiger partial charge in [-0.1, -0.05) is 61.4 Å². The topological polar surface area (TPSA) is 107 Å². The Hall–Kier alpha value is -4.27. The molecule has 9 heteroatoms. The van der Waals surface area contributed by atoms with E-state index in [2.05, 4.69) is 29.6 Å². The van der Waals surface area contributed by atoms with Gasteiger partial charge >= 0.3 is 18.2 Å². The first-order valence-electron chi connectivity index (χ1n) is 15.0. The molecule has 2 aliphatic carbocycles. The predicted octanol–water partition coefficient (Wildman–Crippen LogP) is 7.04. The van der Waals surface area contributed by atoms with Crippen LogP contribution < -0.4 is 5.32 Å². The van der Waals surface area contributed by atoms with Crippen molar-refractivity contribution in [2.24, 2.45) is 0 Å². The molecule has 2 amide bonds. The first-order valence-corrected chi connectivity index (χ1v) is 15.0. The van der Waals surface area contributed by atoms with Gasteiger partial charge in [0, 0.05) is 5.92 Å². The summed E-state index contributed by atoms with van der Waals surface area (Å²) in [6, 6.07) is 18.9. The van der Waals surface area contributed by atoms with Crippen LogP contribution in [-0.4, -0.2) is 54.0 Å². The number of nitrogens with zero attached hydrogens (tertiary/aromatic N) is 1. The summed E-state index contributed by atoms with van der Waals surface area (Å²) in [5.74, 6) is -0.183. The maximum atomic E-state index is 14.0. The van der Waals surface area contributed by atoms with Gasteiger partial charge in [0.15, 0.2) is 0 Å². The first kappa shape index (κ1) is 30.2. The minimum Gasteiger partial charge on any atom is -0.460 e. The fourth-order valence-electron chi connectivity index (χ4n) is 6.05. The van der Waals surface area contributed by atoms with Crippen LogP contribution in [0.3, 0.4) is 0 Å². The number of fused-ring (bicyclic) bond motifs is 3. The van der Waals surface area contributed by atoms with Crippen molar-refractivity contribution in [2.75, 3.05) is 13.2 Å². The zero-order chi connectivity index (χ0) is 30.6. The van der Waals surface area contributed by atoms with Gasteiger partial charge in [0.1, 0.15) is 18.0 Å². The summed E-state index contributed by atoms with van der Waals surface area (Å²) >= 11 is 0. The number of rotatable bonds is 8. The van der Waals surface area contributed by atoms with E-state index >= 15 is 0 Å². The third-order valence-corrected chi connectivity index (χ3v) is 7.87.